The van der Waals surface area contributed by atoms with Crippen molar-refractivity contribution in [1.82, 2.24) is 0 Å². The van der Waals surface area contributed by atoms with Crippen LogP contribution in [0.2, 0.25) is 10.0 Å². The van der Waals surface area contributed by atoms with Gasteiger partial charge in [-0.05, 0) is 35.9 Å². The predicted octanol–water partition coefficient (Wildman–Crippen LogP) is 6.03. The van der Waals surface area contributed by atoms with Crippen LogP contribution in [-0.4, -0.2) is 5.11 Å². The lowest BCUT2D eigenvalue weighted by Crippen LogP contribution is -2.01. The van der Waals surface area contributed by atoms with Crippen molar-refractivity contribution < 1.29 is 14.2 Å². The second-order valence-corrected chi connectivity index (χ2v) is 6.48. The molecule has 2 N–H and O–H groups in total. The zero-order chi connectivity index (χ0) is 18.5. The van der Waals surface area contributed by atoms with Gasteiger partial charge in [0.05, 0.1) is 10.0 Å². The van der Waals surface area contributed by atoms with Crippen LogP contribution in [0.3, 0.4) is 0 Å². The van der Waals surface area contributed by atoms with E-state index < -0.39 is 0 Å². The molecular formula is C20H16Cl2FNO2. The van der Waals surface area contributed by atoms with Crippen molar-refractivity contribution in [3.8, 4) is 11.5 Å². The molecule has 6 heteroatoms. The Morgan fingerprint density at radius 3 is 2.42 bits per heavy atom. The van der Waals surface area contributed by atoms with Crippen LogP contribution in [-0.2, 0) is 13.2 Å². The topological polar surface area (TPSA) is 41.5 Å². The molecule has 3 aromatic rings. The number of aromatic hydroxyl groups is 1. The zero-order valence-electron chi connectivity index (χ0n) is 13.7. The molecular weight excluding hydrogens is 376 g/mol. The fourth-order valence-corrected chi connectivity index (χ4v) is 2.88. The van der Waals surface area contributed by atoms with E-state index in [0.29, 0.717) is 23.5 Å². The molecule has 0 spiro atoms. The summed E-state index contributed by atoms with van der Waals surface area (Å²) in [5.74, 6) is 0.225. The van der Waals surface area contributed by atoms with Gasteiger partial charge in [-0.2, -0.15) is 0 Å². The second kappa shape index (κ2) is 8.30. The summed E-state index contributed by atoms with van der Waals surface area (Å²) in [4.78, 5) is 0. The van der Waals surface area contributed by atoms with E-state index in [1.165, 1.54) is 6.07 Å². The van der Waals surface area contributed by atoms with Crippen LogP contribution >= 0.6 is 23.2 Å². The van der Waals surface area contributed by atoms with Gasteiger partial charge in [-0.3, -0.25) is 0 Å². The van der Waals surface area contributed by atoms with Crippen molar-refractivity contribution in [3.05, 3.63) is 87.7 Å². The van der Waals surface area contributed by atoms with Crippen molar-refractivity contribution in [2.75, 3.05) is 5.32 Å². The molecule has 0 atom stereocenters. The van der Waals surface area contributed by atoms with E-state index in [1.54, 1.807) is 30.3 Å². The van der Waals surface area contributed by atoms with E-state index in [2.05, 4.69) is 5.32 Å². The summed E-state index contributed by atoms with van der Waals surface area (Å²) in [6.07, 6.45) is 0. The Morgan fingerprint density at radius 2 is 1.69 bits per heavy atom. The number of anilines is 1. The van der Waals surface area contributed by atoms with E-state index in [0.717, 1.165) is 5.56 Å². The van der Waals surface area contributed by atoms with Gasteiger partial charge in [0, 0.05) is 17.8 Å². The maximum absolute atomic E-state index is 13.6. The van der Waals surface area contributed by atoms with Gasteiger partial charge in [-0.25, -0.2) is 4.39 Å². The third kappa shape index (κ3) is 4.59. The number of halogens is 3. The van der Waals surface area contributed by atoms with Crippen LogP contribution in [0.5, 0.6) is 11.5 Å². The summed E-state index contributed by atoms with van der Waals surface area (Å²) in [5.41, 5.74) is 2.16. The summed E-state index contributed by atoms with van der Waals surface area (Å²) in [7, 11) is 0. The molecule has 0 aromatic heterocycles. The second-order valence-electron chi connectivity index (χ2n) is 5.67. The molecule has 3 nitrogen and oxygen atoms in total. The maximum atomic E-state index is 13.6. The number of phenolic OH excluding ortho intramolecular Hbond substituents is 1. The van der Waals surface area contributed by atoms with Crippen LogP contribution in [0.15, 0.2) is 60.7 Å². The smallest absolute Gasteiger partial charge is 0.152 e. The minimum Gasteiger partial charge on any atom is -0.505 e. The lowest BCUT2D eigenvalue weighted by molar-refractivity contribution is 0.299. The first-order valence-electron chi connectivity index (χ1n) is 7.90. The van der Waals surface area contributed by atoms with Gasteiger partial charge in [0.15, 0.2) is 5.75 Å². The molecule has 26 heavy (non-hydrogen) atoms. The van der Waals surface area contributed by atoms with Crippen LogP contribution in [0.25, 0.3) is 0 Å². The third-order valence-electron chi connectivity index (χ3n) is 3.76. The van der Waals surface area contributed by atoms with E-state index in [1.807, 2.05) is 24.3 Å². The van der Waals surface area contributed by atoms with Gasteiger partial charge in [-0.1, -0.05) is 53.5 Å². The molecule has 0 aliphatic rings. The van der Waals surface area contributed by atoms with E-state index in [4.69, 9.17) is 27.9 Å². The Labute approximate surface area is 161 Å². The molecule has 0 radical (unpaired) electrons. The number of nitrogens with one attached hydrogen (secondary N) is 1. The highest BCUT2D eigenvalue weighted by Crippen LogP contribution is 2.34. The SMILES string of the molecule is Oc1c(Cl)cc(NCc2cccc(OCc3ccccc3F)c2)cc1Cl. The number of rotatable bonds is 6. The molecule has 0 fully saturated rings. The van der Waals surface area contributed by atoms with Crippen LogP contribution < -0.4 is 10.1 Å². The fraction of sp³-hybridized carbons (Fsp3) is 0.100. The van der Waals surface area contributed by atoms with E-state index in [9.17, 15) is 9.50 Å². The molecule has 0 aliphatic carbocycles. The van der Waals surface area contributed by atoms with Crippen LogP contribution in [0, 0.1) is 5.82 Å². The standard InChI is InChI=1S/C20H16Cl2FNO2/c21-17-9-15(10-18(22)20(17)25)24-11-13-4-3-6-16(8-13)26-12-14-5-1-2-7-19(14)23/h1-10,24-25H,11-12H2. The summed E-state index contributed by atoms with van der Waals surface area (Å²) >= 11 is 11.8. The number of ether oxygens (including phenoxy) is 1. The summed E-state index contributed by atoms with van der Waals surface area (Å²) < 4.78 is 19.3. The third-order valence-corrected chi connectivity index (χ3v) is 4.34. The normalized spacial score (nSPS) is 10.6. The average molecular weight is 392 g/mol. The van der Waals surface area contributed by atoms with Crippen LogP contribution in [0.1, 0.15) is 11.1 Å². The highest BCUT2D eigenvalue weighted by molar-refractivity contribution is 6.37. The molecule has 0 saturated heterocycles. The molecule has 134 valence electrons. The summed E-state index contributed by atoms with van der Waals surface area (Å²) in [5, 5.41) is 13.1. The molecule has 0 amide bonds. The minimum absolute atomic E-state index is 0.137. The van der Waals surface area contributed by atoms with Crippen molar-refractivity contribution >= 4 is 28.9 Å². The molecule has 3 aromatic carbocycles. The highest BCUT2D eigenvalue weighted by atomic mass is 35.5. The molecule has 0 heterocycles. The van der Waals surface area contributed by atoms with Crippen LogP contribution in [0.4, 0.5) is 10.1 Å². The summed E-state index contributed by atoms with van der Waals surface area (Å²) in [6, 6.07) is 17.2. The Kier molecular flexibility index (Phi) is 5.86. The lowest BCUT2D eigenvalue weighted by Gasteiger charge is -2.11. The van der Waals surface area contributed by atoms with Gasteiger partial charge < -0.3 is 15.2 Å². The maximum Gasteiger partial charge on any atom is 0.152 e. The van der Waals surface area contributed by atoms with Gasteiger partial charge >= 0.3 is 0 Å². The predicted molar refractivity (Wildman–Crippen MR) is 103 cm³/mol. The minimum atomic E-state index is -0.286. The Hall–Kier alpha value is -2.43. The highest BCUT2D eigenvalue weighted by Gasteiger charge is 2.07. The number of phenols is 1. The molecule has 0 aliphatic heterocycles. The number of hydrogen-bond acceptors (Lipinski definition) is 3. The van der Waals surface area contributed by atoms with Crippen molar-refractivity contribution in [3.63, 3.8) is 0 Å². The largest absolute Gasteiger partial charge is 0.505 e. The number of hydrogen-bond donors (Lipinski definition) is 2. The Morgan fingerprint density at radius 1 is 0.962 bits per heavy atom. The molecule has 0 saturated carbocycles. The molecule has 0 bridgehead atoms. The Balaban J connectivity index is 1.63. The van der Waals surface area contributed by atoms with Gasteiger partial charge in [-0.15, -0.1) is 0 Å². The Bertz CT molecular complexity index is 895. The van der Waals surface area contributed by atoms with Crippen molar-refractivity contribution in [2.24, 2.45) is 0 Å². The van der Waals surface area contributed by atoms with Gasteiger partial charge in [0.2, 0.25) is 0 Å². The molecule has 0 unspecified atom stereocenters. The van der Waals surface area contributed by atoms with Crippen molar-refractivity contribution in [2.45, 2.75) is 13.2 Å². The van der Waals surface area contributed by atoms with E-state index >= 15 is 0 Å². The summed E-state index contributed by atoms with van der Waals surface area (Å²) in [6.45, 7) is 0.668. The van der Waals surface area contributed by atoms with Gasteiger partial charge in [0.25, 0.3) is 0 Å². The first-order chi connectivity index (χ1) is 12.5. The fourth-order valence-electron chi connectivity index (χ4n) is 2.39. The zero-order valence-corrected chi connectivity index (χ0v) is 15.2. The first-order valence-corrected chi connectivity index (χ1v) is 8.65. The quantitative estimate of drug-likeness (QED) is 0.504. The average Bonchev–Trinajstić information content (AvgIpc) is 2.64. The van der Waals surface area contributed by atoms with Gasteiger partial charge in [0.1, 0.15) is 18.2 Å². The number of benzene rings is 3. The molecule has 3 rings (SSSR count). The van der Waals surface area contributed by atoms with E-state index in [-0.39, 0.29) is 28.2 Å². The van der Waals surface area contributed by atoms with Crippen molar-refractivity contribution in [1.29, 1.82) is 0 Å². The lowest BCUT2D eigenvalue weighted by atomic mass is 10.2. The first kappa shape index (κ1) is 18.4. The monoisotopic (exact) mass is 391 g/mol.